The number of imide groups is 1. The number of piperazine rings is 1. The maximum absolute atomic E-state index is 13.8. The van der Waals surface area contributed by atoms with Crippen molar-refractivity contribution < 1.29 is 33.8 Å². The van der Waals surface area contributed by atoms with E-state index in [0.717, 1.165) is 106 Å². The van der Waals surface area contributed by atoms with Crippen LogP contribution in [0.25, 0.3) is 32.2 Å². The maximum atomic E-state index is 13.8. The molecule has 0 bridgehead atoms. The average Bonchev–Trinajstić information content (AvgIpc) is 4.01. The number of nitrogens with one attached hydrogen (secondary N) is 2. The van der Waals surface area contributed by atoms with Gasteiger partial charge in [-0.05, 0) is 140 Å². The number of carboxylic acids is 1. The smallest absolute Gasteiger partial charge is 0.355 e. The highest BCUT2D eigenvalue weighted by Crippen LogP contribution is 2.43. The number of carboxylic acid groups (broad SMARTS) is 1. The molecule has 1 unspecified atom stereocenters. The van der Waals surface area contributed by atoms with Gasteiger partial charge in [-0.3, -0.25) is 34.5 Å². The molecule has 1 aliphatic carbocycles. The van der Waals surface area contributed by atoms with Gasteiger partial charge in [0.25, 0.3) is 5.91 Å². The summed E-state index contributed by atoms with van der Waals surface area (Å²) in [6, 6.07) is 27.7. The Bertz CT molecular complexity index is 3440. The molecule has 3 aromatic heterocycles. The van der Waals surface area contributed by atoms with Crippen molar-refractivity contribution in [1.82, 2.24) is 30.0 Å². The lowest BCUT2D eigenvalue weighted by molar-refractivity contribution is -0.134. The Balaban J connectivity index is 0.711. The molecular weight excluding hydrogens is 991 g/mol. The van der Waals surface area contributed by atoms with Gasteiger partial charge in [0.05, 0.1) is 33.4 Å². The van der Waals surface area contributed by atoms with Crippen molar-refractivity contribution in [3.63, 3.8) is 0 Å². The Morgan fingerprint density at radius 1 is 0.857 bits per heavy atom. The number of thiazole rings is 1. The van der Waals surface area contributed by atoms with E-state index in [2.05, 4.69) is 64.4 Å². The SMILES string of the molecule is Cc1c(OC2CCC(CCC(=O)N3CCN(c4ccc5c(C6CCC(=O)NC6=O)nn(C)c5c4)CC3)CC2)cccc1-c1c(C(C)(C)C)cc(N2CCc3cccc(C(=O)Nc4nc5ccccc5s4)c3C2)nc1C(=O)O. The van der Waals surface area contributed by atoms with Crippen LogP contribution in [0.2, 0.25) is 0 Å². The van der Waals surface area contributed by atoms with Crippen molar-refractivity contribution in [2.24, 2.45) is 13.0 Å². The van der Waals surface area contributed by atoms with Crippen molar-refractivity contribution in [3.05, 3.63) is 124 Å². The average molecular weight is 1060 g/mol. The molecule has 6 heterocycles. The van der Waals surface area contributed by atoms with Crippen LogP contribution in [-0.4, -0.2) is 98.2 Å². The second-order valence-electron chi connectivity index (χ2n) is 22.2. The molecule has 4 aliphatic rings. The zero-order chi connectivity index (χ0) is 53.7. The van der Waals surface area contributed by atoms with Crippen molar-refractivity contribution in [3.8, 4) is 16.9 Å². The highest BCUT2D eigenvalue weighted by atomic mass is 32.1. The summed E-state index contributed by atoms with van der Waals surface area (Å²) >= 11 is 1.43. The van der Waals surface area contributed by atoms with Crippen LogP contribution in [0.5, 0.6) is 5.75 Å². The number of carbonyl (C=O) groups excluding carboxylic acids is 4. The Kier molecular flexibility index (Phi) is 14.1. The molecule has 4 aromatic carbocycles. The van der Waals surface area contributed by atoms with E-state index < -0.39 is 17.3 Å². The third-order valence-electron chi connectivity index (χ3n) is 16.2. The first-order valence-electron chi connectivity index (χ1n) is 27.0. The minimum Gasteiger partial charge on any atom is -0.490 e. The highest BCUT2D eigenvalue weighted by Gasteiger charge is 2.34. The third kappa shape index (κ3) is 10.5. The number of piperidine rings is 1. The molecule has 3 fully saturated rings. The van der Waals surface area contributed by atoms with Crippen molar-refractivity contribution in [1.29, 1.82) is 0 Å². The summed E-state index contributed by atoms with van der Waals surface area (Å²) in [4.78, 5) is 81.1. The van der Waals surface area contributed by atoms with E-state index in [9.17, 15) is 29.1 Å². The summed E-state index contributed by atoms with van der Waals surface area (Å²) < 4.78 is 9.56. The van der Waals surface area contributed by atoms with Gasteiger partial charge in [-0.1, -0.05) is 68.5 Å². The second-order valence-corrected chi connectivity index (χ2v) is 23.2. The van der Waals surface area contributed by atoms with Gasteiger partial charge in [-0.15, -0.1) is 0 Å². The van der Waals surface area contributed by atoms with Gasteiger partial charge in [0, 0.05) is 81.4 Å². The van der Waals surface area contributed by atoms with Crippen molar-refractivity contribution in [2.45, 2.75) is 109 Å². The van der Waals surface area contributed by atoms with Gasteiger partial charge in [-0.2, -0.15) is 5.10 Å². The fraction of sp³-hybridized carbons (Fsp3) is 0.400. The Hall–Kier alpha value is -7.66. The molecule has 2 saturated heterocycles. The van der Waals surface area contributed by atoms with Crippen LogP contribution in [0, 0.1) is 12.8 Å². The van der Waals surface area contributed by atoms with Crippen LogP contribution in [0.1, 0.15) is 127 Å². The van der Waals surface area contributed by atoms with Crippen LogP contribution in [-0.2, 0) is 39.8 Å². The first kappa shape index (κ1) is 51.4. The topological polar surface area (TPSA) is 192 Å². The number of anilines is 3. The highest BCUT2D eigenvalue weighted by molar-refractivity contribution is 7.22. The number of hydrogen-bond acceptors (Lipinski definition) is 12. The number of hydrogen-bond donors (Lipinski definition) is 3. The predicted molar refractivity (Wildman–Crippen MR) is 299 cm³/mol. The molecule has 1 saturated carbocycles. The molecule has 17 heteroatoms. The van der Waals surface area contributed by atoms with E-state index in [-0.39, 0.29) is 35.4 Å². The minimum atomic E-state index is -1.12. The number of para-hydroxylation sites is 1. The fourth-order valence-corrected chi connectivity index (χ4v) is 12.8. The number of aryl methyl sites for hydroxylation is 1. The maximum Gasteiger partial charge on any atom is 0.355 e. The number of rotatable bonds is 12. The third-order valence-corrected chi connectivity index (χ3v) is 17.2. The molecule has 7 aromatic rings. The monoisotopic (exact) mass is 1060 g/mol. The van der Waals surface area contributed by atoms with E-state index in [0.29, 0.717) is 85.6 Å². The zero-order valence-corrected chi connectivity index (χ0v) is 45.2. The zero-order valence-electron chi connectivity index (χ0n) is 44.4. The molecule has 16 nitrogen and oxygen atoms in total. The van der Waals surface area contributed by atoms with E-state index >= 15 is 0 Å². The quantitative estimate of drug-likeness (QED) is 0.0983. The molecule has 398 valence electrons. The van der Waals surface area contributed by atoms with Crippen molar-refractivity contribution in [2.75, 3.05) is 47.8 Å². The first-order valence-corrected chi connectivity index (χ1v) is 27.8. The molecule has 77 heavy (non-hydrogen) atoms. The van der Waals surface area contributed by atoms with Gasteiger partial charge < -0.3 is 24.5 Å². The summed E-state index contributed by atoms with van der Waals surface area (Å²) in [6.45, 7) is 12.0. The largest absolute Gasteiger partial charge is 0.490 e. The van der Waals surface area contributed by atoms with Crippen molar-refractivity contribution >= 4 is 78.7 Å². The van der Waals surface area contributed by atoms with Gasteiger partial charge in [0.15, 0.2) is 10.8 Å². The van der Waals surface area contributed by atoms with Gasteiger partial charge in [-0.25, -0.2) is 14.8 Å². The summed E-state index contributed by atoms with van der Waals surface area (Å²) in [5, 5.41) is 22.5. The molecule has 4 amide bonds. The number of fused-ring (bicyclic) bond motifs is 3. The van der Waals surface area contributed by atoms with E-state index in [1.54, 1.807) is 4.68 Å². The number of amides is 4. The van der Waals surface area contributed by atoms with Crippen LogP contribution in [0.4, 0.5) is 16.6 Å². The van der Waals surface area contributed by atoms with E-state index in [1.807, 2.05) is 85.6 Å². The molecule has 11 rings (SSSR count). The molecule has 0 radical (unpaired) electrons. The second kappa shape index (κ2) is 21.0. The van der Waals surface area contributed by atoms with Gasteiger partial charge in [0.1, 0.15) is 11.6 Å². The first-order chi connectivity index (χ1) is 37.1. The summed E-state index contributed by atoms with van der Waals surface area (Å²) in [5.41, 5.74) is 8.59. The van der Waals surface area contributed by atoms with Crippen LogP contribution in [0.3, 0.4) is 0 Å². The van der Waals surface area contributed by atoms with E-state index in [4.69, 9.17) is 14.8 Å². The number of aromatic carboxylic acids is 1. The number of benzene rings is 4. The number of pyridine rings is 1. The standard InChI is InChI=1S/C60H65N9O7S/c1-35-40(53-45(60(2,3)4)33-50(62-55(53)58(74)75)69-27-26-37-10-8-12-41(44(37)34-69)56(72)64-59-61-46-13-6-7-15-49(46)77-59)11-9-14-48(35)76-39-20-16-36(17-21-39)18-25-52(71)68-30-28-67(29-31-68)38-19-22-42-47(32-38)66(5)65-54(42)43-23-24-51(70)63-57(43)73/h6-15,19,22,32-33,36,39,43H,16-18,20-21,23-31,34H2,1-5H3,(H,74,75)(H,61,64,72)(H,63,70,73). The van der Waals surface area contributed by atoms with Crippen LogP contribution < -0.4 is 25.2 Å². The number of ether oxygens (including phenoxy) is 1. The normalized spacial score (nSPS) is 19.1. The lowest BCUT2D eigenvalue weighted by Crippen LogP contribution is -2.48. The summed E-state index contributed by atoms with van der Waals surface area (Å²) in [6.07, 6.45) is 6.44. The Morgan fingerprint density at radius 2 is 1.64 bits per heavy atom. The fourth-order valence-electron chi connectivity index (χ4n) is 11.9. The minimum absolute atomic E-state index is 0.00439. The number of carbonyl (C=O) groups is 5. The molecule has 0 spiro atoms. The number of nitrogens with zero attached hydrogens (tertiary/aromatic N) is 7. The van der Waals surface area contributed by atoms with Crippen LogP contribution in [0.15, 0.2) is 84.9 Å². The lowest BCUT2D eigenvalue weighted by Gasteiger charge is -2.36. The molecular formula is C60H65N9O7S. The summed E-state index contributed by atoms with van der Waals surface area (Å²) in [7, 11) is 1.88. The Morgan fingerprint density at radius 3 is 2.39 bits per heavy atom. The predicted octanol–water partition coefficient (Wildman–Crippen LogP) is 9.95. The molecule has 3 N–H and O–H groups in total. The summed E-state index contributed by atoms with van der Waals surface area (Å²) in [5.74, 6) is -0.441. The Labute approximate surface area is 451 Å². The van der Waals surface area contributed by atoms with Crippen LogP contribution >= 0.6 is 11.3 Å². The van der Waals surface area contributed by atoms with Gasteiger partial charge >= 0.3 is 5.97 Å². The molecule has 1 atom stereocenters. The van der Waals surface area contributed by atoms with E-state index in [1.165, 1.54) is 11.3 Å². The van der Waals surface area contributed by atoms with Gasteiger partial charge in [0.2, 0.25) is 17.7 Å². The lowest BCUT2D eigenvalue weighted by atomic mass is 9.80. The number of aromatic nitrogens is 4. The molecule has 3 aliphatic heterocycles.